The molecule has 5 nitrogen and oxygen atoms in total. The third-order valence-electron chi connectivity index (χ3n) is 7.13. The first-order valence-electron chi connectivity index (χ1n) is 12.4. The average Bonchev–Trinajstić information content (AvgIpc) is 2.85. The Kier molecular flexibility index (Phi) is 8.76. The highest BCUT2D eigenvalue weighted by atomic mass is 35.5. The summed E-state index contributed by atoms with van der Waals surface area (Å²) in [4.78, 5) is 22.3. The molecule has 0 spiro atoms. The van der Waals surface area contributed by atoms with E-state index in [4.69, 9.17) is 16.4 Å². The van der Waals surface area contributed by atoms with Gasteiger partial charge in [-0.2, -0.15) is 0 Å². The Morgan fingerprint density at radius 2 is 1.73 bits per heavy atom. The molecule has 1 heterocycles. The van der Waals surface area contributed by atoms with Crippen molar-refractivity contribution in [3.8, 4) is 0 Å². The zero-order valence-electron chi connectivity index (χ0n) is 19.2. The molecule has 6 heteroatoms. The average molecular weight is 468 g/mol. The van der Waals surface area contributed by atoms with Gasteiger partial charge >= 0.3 is 6.09 Å². The lowest BCUT2D eigenvalue weighted by atomic mass is 9.70. The summed E-state index contributed by atoms with van der Waals surface area (Å²) in [7, 11) is 0. The molecule has 2 aliphatic rings. The number of rotatable bonds is 7. The molecule has 1 aromatic carbocycles. The fourth-order valence-corrected chi connectivity index (χ4v) is 5.66. The fourth-order valence-electron chi connectivity index (χ4n) is 5.47. The van der Waals surface area contributed by atoms with E-state index >= 15 is 0 Å². The number of oxime groups is 1. The van der Waals surface area contributed by atoms with E-state index in [1.165, 1.54) is 56.9 Å². The molecule has 1 aromatic heterocycles. The van der Waals surface area contributed by atoms with Crippen molar-refractivity contribution in [1.82, 2.24) is 4.98 Å². The van der Waals surface area contributed by atoms with E-state index < -0.39 is 6.09 Å². The van der Waals surface area contributed by atoms with E-state index in [1.807, 2.05) is 12.4 Å². The Bertz CT molecular complexity index is 922. The van der Waals surface area contributed by atoms with Crippen LogP contribution in [0.25, 0.3) is 0 Å². The lowest BCUT2D eigenvalue weighted by molar-refractivity contribution is 0.162. The van der Waals surface area contributed by atoms with Gasteiger partial charge in [0.1, 0.15) is 0 Å². The van der Waals surface area contributed by atoms with Gasteiger partial charge in [-0.25, -0.2) is 4.79 Å². The van der Waals surface area contributed by atoms with Crippen molar-refractivity contribution in [2.45, 2.75) is 70.6 Å². The van der Waals surface area contributed by atoms with Gasteiger partial charge in [0.15, 0.2) is 0 Å². The predicted octanol–water partition coefficient (Wildman–Crippen LogP) is 7.66. The van der Waals surface area contributed by atoms with Crippen LogP contribution in [-0.4, -0.2) is 16.8 Å². The van der Waals surface area contributed by atoms with E-state index in [9.17, 15) is 4.79 Å². The molecule has 2 fully saturated rings. The monoisotopic (exact) mass is 467 g/mol. The topological polar surface area (TPSA) is 63.6 Å². The van der Waals surface area contributed by atoms with Crippen molar-refractivity contribution < 1.29 is 9.63 Å². The first-order valence-corrected chi connectivity index (χ1v) is 12.8. The van der Waals surface area contributed by atoms with Crippen LogP contribution in [0.3, 0.4) is 0 Å². The number of anilines is 1. The van der Waals surface area contributed by atoms with Gasteiger partial charge in [-0.1, -0.05) is 61.3 Å². The summed E-state index contributed by atoms with van der Waals surface area (Å²) in [5.74, 6) is 1.24. The second-order valence-electron chi connectivity index (χ2n) is 9.43. The third-order valence-corrected chi connectivity index (χ3v) is 7.37. The van der Waals surface area contributed by atoms with Gasteiger partial charge in [-0.3, -0.25) is 15.1 Å². The van der Waals surface area contributed by atoms with E-state index in [2.05, 4.69) is 27.6 Å². The van der Waals surface area contributed by atoms with Crippen LogP contribution in [0.4, 0.5) is 10.5 Å². The highest BCUT2D eigenvalue weighted by Gasteiger charge is 2.33. The Hall–Kier alpha value is -2.40. The molecule has 33 heavy (non-hydrogen) atoms. The number of pyridine rings is 1. The Morgan fingerprint density at radius 3 is 2.42 bits per heavy atom. The number of benzene rings is 1. The first-order chi connectivity index (χ1) is 16.2. The second-order valence-corrected chi connectivity index (χ2v) is 9.87. The summed E-state index contributed by atoms with van der Waals surface area (Å²) in [6.45, 7) is 0. The lowest BCUT2D eigenvalue weighted by Crippen LogP contribution is -2.34. The van der Waals surface area contributed by atoms with Crippen molar-refractivity contribution in [2.24, 2.45) is 22.9 Å². The summed E-state index contributed by atoms with van der Waals surface area (Å²) in [6, 6.07) is 11.2. The quantitative estimate of drug-likeness (QED) is 0.258. The lowest BCUT2D eigenvalue weighted by Gasteiger charge is -2.35. The van der Waals surface area contributed by atoms with E-state index in [0.717, 1.165) is 25.0 Å². The summed E-state index contributed by atoms with van der Waals surface area (Å²) < 4.78 is 0. The van der Waals surface area contributed by atoms with E-state index in [0.29, 0.717) is 22.5 Å². The first kappa shape index (κ1) is 23.7. The Morgan fingerprint density at radius 1 is 1.03 bits per heavy atom. The normalized spacial score (nSPS) is 19.1. The van der Waals surface area contributed by atoms with Gasteiger partial charge in [0, 0.05) is 34.9 Å². The zero-order valence-corrected chi connectivity index (χ0v) is 20.0. The highest BCUT2D eigenvalue weighted by Crippen LogP contribution is 2.37. The minimum Gasteiger partial charge on any atom is -0.298 e. The summed E-state index contributed by atoms with van der Waals surface area (Å²) in [5.41, 5.74) is 2.95. The van der Waals surface area contributed by atoms with Crippen LogP contribution < -0.4 is 5.32 Å². The second kappa shape index (κ2) is 12.2. The fraction of sp³-hybridized carbons (Fsp3) is 0.519. The number of aromatic nitrogens is 1. The van der Waals surface area contributed by atoms with Crippen molar-refractivity contribution in [2.75, 3.05) is 5.32 Å². The molecule has 1 N–H and O–H groups in total. The molecule has 0 radical (unpaired) electrons. The molecular formula is C27H34ClN3O2. The minimum absolute atomic E-state index is 0.287. The molecule has 0 aliphatic heterocycles. The number of carbonyl (C=O) groups is 1. The van der Waals surface area contributed by atoms with Crippen LogP contribution in [-0.2, 0) is 11.3 Å². The van der Waals surface area contributed by atoms with Gasteiger partial charge in [-0.05, 0) is 73.9 Å². The van der Waals surface area contributed by atoms with Gasteiger partial charge in [0.25, 0.3) is 0 Å². The number of hydrogen-bond donors (Lipinski definition) is 1. The van der Waals surface area contributed by atoms with Crippen molar-refractivity contribution in [3.05, 3.63) is 59.4 Å². The summed E-state index contributed by atoms with van der Waals surface area (Å²) >= 11 is 6.04. The molecular weight excluding hydrogens is 434 g/mol. The van der Waals surface area contributed by atoms with E-state index in [1.54, 1.807) is 24.3 Å². The molecule has 4 rings (SSSR count). The predicted molar refractivity (Wildman–Crippen MR) is 134 cm³/mol. The molecule has 0 saturated heterocycles. The Balaban J connectivity index is 1.57. The van der Waals surface area contributed by atoms with Gasteiger partial charge in [-0.15, -0.1) is 0 Å². The van der Waals surface area contributed by atoms with Crippen LogP contribution >= 0.6 is 11.6 Å². The molecule has 0 bridgehead atoms. The maximum absolute atomic E-state index is 12.6. The number of hydrogen-bond acceptors (Lipinski definition) is 4. The Labute approximate surface area is 202 Å². The van der Waals surface area contributed by atoms with Crippen LogP contribution in [0, 0.1) is 17.8 Å². The summed E-state index contributed by atoms with van der Waals surface area (Å²) in [5, 5.41) is 7.91. The van der Waals surface area contributed by atoms with Crippen molar-refractivity contribution >= 4 is 29.1 Å². The maximum atomic E-state index is 12.6. The number of nitrogens with one attached hydrogen (secondary N) is 1. The standard InChI is InChI=1S/C27H34ClN3O2/c28-23-12-7-13-24(19-23)30-27(32)33-31-26(22-10-5-2-6-11-22)25(21-8-3-1-4-9-21)18-20-14-16-29-17-15-20/h7,12-17,19,21-22,25H,1-6,8-11,18H2,(H,30,32)/b31-26+. The summed E-state index contributed by atoms with van der Waals surface area (Å²) in [6.07, 6.45) is 16.3. The van der Waals surface area contributed by atoms with Gasteiger partial charge in [0.05, 0.1) is 5.71 Å². The number of nitrogens with zero attached hydrogens (tertiary/aromatic N) is 2. The van der Waals surface area contributed by atoms with Crippen LogP contribution in [0.5, 0.6) is 0 Å². The van der Waals surface area contributed by atoms with Crippen LogP contribution in [0.2, 0.25) is 5.02 Å². The largest absolute Gasteiger partial charge is 0.437 e. The van der Waals surface area contributed by atoms with Gasteiger partial charge in [0.2, 0.25) is 0 Å². The molecule has 2 aromatic rings. The van der Waals surface area contributed by atoms with Crippen LogP contribution in [0.1, 0.15) is 69.8 Å². The van der Waals surface area contributed by atoms with Crippen molar-refractivity contribution in [3.63, 3.8) is 0 Å². The van der Waals surface area contributed by atoms with E-state index in [-0.39, 0.29) is 5.92 Å². The minimum atomic E-state index is -0.572. The molecule has 176 valence electrons. The molecule has 2 saturated carbocycles. The highest BCUT2D eigenvalue weighted by molar-refractivity contribution is 6.30. The maximum Gasteiger partial charge on any atom is 0.437 e. The van der Waals surface area contributed by atoms with Crippen molar-refractivity contribution in [1.29, 1.82) is 0 Å². The number of carbonyl (C=O) groups excluding carboxylic acids is 1. The van der Waals surface area contributed by atoms with Gasteiger partial charge < -0.3 is 0 Å². The smallest absolute Gasteiger partial charge is 0.298 e. The molecule has 1 atom stereocenters. The van der Waals surface area contributed by atoms with Crippen LogP contribution in [0.15, 0.2) is 53.9 Å². The number of amides is 1. The number of halogens is 1. The third kappa shape index (κ3) is 7.04. The molecule has 1 unspecified atom stereocenters. The molecule has 1 amide bonds. The zero-order chi connectivity index (χ0) is 22.9. The molecule has 2 aliphatic carbocycles. The SMILES string of the molecule is O=C(Nc1cccc(Cl)c1)O/N=C(\C1CCCCC1)C(Cc1ccncc1)C1CCCCC1.